The quantitative estimate of drug-likeness (QED) is 0.791. The first-order valence-electron chi connectivity index (χ1n) is 7.73. The topological polar surface area (TPSA) is 66.5 Å². The highest BCUT2D eigenvalue weighted by molar-refractivity contribution is 8.01. The Kier molecular flexibility index (Phi) is 5.58. The summed E-state index contributed by atoms with van der Waals surface area (Å²) >= 11 is 7.01. The van der Waals surface area contributed by atoms with E-state index in [2.05, 4.69) is 5.32 Å². The van der Waals surface area contributed by atoms with Crippen molar-refractivity contribution in [2.45, 2.75) is 11.7 Å². The molecular formula is C18H14ClFN2O3S. The Bertz CT molecular complexity index is 860. The van der Waals surface area contributed by atoms with Gasteiger partial charge in [0.05, 0.1) is 16.7 Å². The van der Waals surface area contributed by atoms with E-state index < -0.39 is 11.1 Å². The molecule has 5 nitrogen and oxygen atoms in total. The van der Waals surface area contributed by atoms with Gasteiger partial charge >= 0.3 is 0 Å². The van der Waals surface area contributed by atoms with Crippen LogP contribution in [0.15, 0.2) is 48.5 Å². The molecule has 0 bridgehead atoms. The molecule has 0 aliphatic carbocycles. The second-order valence-electron chi connectivity index (χ2n) is 5.61. The summed E-state index contributed by atoms with van der Waals surface area (Å²) in [6.45, 7) is 0. The standard InChI is InChI=1S/C18H14ClFN2O3S/c19-11-2-1-3-14(8-11)22-17(24)9-15(18(22)25)26-10-16(23)21-13-6-4-12(20)5-7-13/h1-8,15H,9-10H2,(H,21,23)/t15-/m0/s1. The Hall–Kier alpha value is -2.38. The van der Waals surface area contributed by atoms with Crippen LogP contribution in [0.25, 0.3) is 0 Å². The van der Waals surface area contributed by atoms with Gasteiger partial charge in [-0.15, -0.1) is 11.8 Å². The second-order valence-corrected chi connectivity index (χ2v) is 7.23. The number of anilines is 2. The van der Waals surface area contributed by atoms with Crippen LogP contribution in [0.4, 0.5) is 15.8 Å². The molecule has 1 N–H and O–H groups in total. The summed E-state index contributed by atoms with van der Waals surface area (Å²) in [5, 5.41) is 2.42. The lowest BCUT2D eigenvalue weighted by Crippen LogP contribution is -2.31. The van der Waals surface area contributed by atoms with Crippen molar-refractivity contribution in [1.82, 2.24) is 0 Å². The molecule has 0 radical (unpaired) electrons. The third-order valence-electron chi connectivity index (χ3n) is 3.72. The minimum Gasteiger partial charge on any atom is -0.325 e. The van der Waals surface area contributed by atoms with Crippen LogP contribution in [0, 0.1) is 5.82 Å². The molecule has 3 amide bonds. The van der Waals surface area contributed by atoms with Crippen LogP contribution in [-0.2, 0) is 14.4 Å². The average Bonchev–Trinajstić information content (AvgIpc) is 2.89. The maximum absolute atomic E-state index is 12.9. The number of benzene rings is 2. The molecule has 3 rings (SSSR count). The fourth-order valence-electron chi connectivity index (χ4n) is 2.53. The number of carbonyl (C=O) groups excluding carboxylic acids is 3. The van der Waals surface area contributed by atoms with Crippen LogP contribution in [0.1, 0.15) is 6.42 Å². The van der Waals surface area contributed by atoms with Crippen LogP contribution < -0.4 is 10.2 Å². The Morgan fingerprint density at radius 1 is 1.23 bits per heavy atom. The number of nitrogens with one attached hydrogen (secondary N) is 1. The highest BCUT2D eigenvalue weighted by atomic mass is 35.5. The number of halogens is 2. The number of hydrogen-bond donors (Lipinski definition) is 1. The highest BCUT2D eigenvalue weighted by Gasteiger charge is 2.40. The van der Waals surface area contributed by atoms with Gasteiger partial charge in [-0.2, -0.15) is 0 Å². The fourth-order valence-corrected chi connectivity index (χ4v) is 3.64. The molecule has 26 heavy (non-hydrogen) atoms. The van der Waals surface area contributed by atoms with Crippen molar-refractivity contribution in [2.24, 2.45) is 0 Å². The van der Waals surface area contributed by atoms with Crippen LogP contribution in [0.5, 0.6) is 0 Å². The van der Waals surface area contributed by atoms with Gasteiger partial charge < -0.3 is 5.32 Å². The first kappa shape index (κ1) is 18.4. The van der Waals surface area contributed by atoms with E-state index in [1.165, 1.54) is 24.3 Å². The van der Waals surface area contributed by atoms with Crippen LogP contribution in [-0.4, -0.2) is 28.7 Å². The number of imide groups is 1. The van der Waals surface area contributed by atoms with Gasteiger partial charge in [0.15, 0.2) is 0 Å². The summed E-state index contributed by atoms with van der Waals surface area (Å²) < 4.78 is 12.9. The van der Waals surface area contributed by atoms with Crippen molar-refractivity contribution in [3.05, 3.63) is 59.4 Å². The zero-order chi connectivity index (χ0) is 18.7. The monoisotopic (exact) mass is 392 g/mol. The lowest BCUT2D eigenvalue weighted by Gasteiger charge is -2.15. The molecular weight excluding hydrogens is 379 g/mol. The number of amides is 3. The van der Waals surface area contributed by atoms with E-state index in [1.807, 2.05) is 0 Å². The molecule has 134 valence electrons. The Morgan fingerprint density at radius 2 is 1.96 bits per heavy atom. The molecule has 1 heterocycles. The average molecular weight is 393 g/mol. The molecule has 1 fully saturated rings. The molecule has 0 saturated carbocycles. The van der Waals surface area contributed by atoms with Gasteiger partial charge in [0.1, 0.15) is 5.82 Å². The van der Waals surface area contributed by atoms with E-state index in [0.717, 1.165) is 16.7 Å². The SMILES string of the molecule is O=C(CS[C@H]1CC(=O)N(c2cccc(Cl)c2)C1=O)Nc1ccc(F)cc1. The zero-order valence-corrected chi connectivity index (χ0v) is 15.0. The summed E-state index contributed by atoms with van der Waals surface area (Å²) in [5.74, 6) is -1.41. The van der Waals surface area contributed by atoms with E-state index in [4.69, 9.17) is 11.6 Å². The summed E-state index contributed by atoms with van der Waals surface area (Å²) in [4.78, 5) is 37.8. The number of nitrogens with zero attached hydrogens (tertiary/aromatic N) is 1. The number of carbonyl (C=O) groups is 3. The fraction of sp³-hybridized carbons (Fsp3) is 0.167. The third-order valence-corrected chi connectivity index (χ3v) is 5.15. The highest BCUT2D eigenvalue weighted by Crippen LogP contribution is 2.30. The maximum atomic E-state index is 12.9. The Balaban J connectivity index is 1.59. The lowest BCUT2D eigenvalue weighted by molar-refractivity contribution is -0.121. The van der Waals surface area contributed by atoms with Crippen LogP contribution in [0.3, 0.4) is 0 Å². The van der Waals surface area contributed by atoms with Gasteiger partial charge in [-0.25, -0.2) is 9.29 Å². The first-order chi connectivity index (χ1) is 12.4. The molecule has 8 heteroatoms. The van der Waals surface area contributed by atoms with E-state index >= 15 is 0 Å². The molecule has 1 atom stereocenters. The van der Waals surface area contributed by atoms with Crippen molar-refractivity contribution in [1.29, 1.82) is 0 Å². The van der Waals surface area contributed by atoms with Crippen molar-refractivity contribution in [3.63, 3.8) is 0 Å². The van der Waals surface area contributed by atoms with E-state index in [9.17, 15) is 18.8 Å². The molecule has 0 aromatic heterocycles. The van der Waals surface area contributed by atoms with Crippen molar-refractivity contribution in [2.75, 3.05) is 16.0 Å². The Morgan fingerprint density at radius 3 is 2.65 bits per heavy atom. The van der Waals surface area contributed by atoms with E-state index in [0.29, 0.717) is 16.4 Å². The van der Waals surface area contributed by atoms with Gasteiger partial charge in [0.2, 0.25) is 17.7 Å². The van der Waals surface area contributed by atoms with Gasteiger partial charge in [-0.05, 0) is 42.5 Å². The lowest BCUT2D eigenvalue weighted by atomic mass is 10.3. The molecule has 0 unspecified atom stereocenters. The van der Waals surface area contributed by atoms with E-state index in [-0.39, 0.29) is 29.9 Å². The first-order valence-corrected chi connectivity index (χ1v) is 9.16. The molecule has 2 aromatic rings. The number of rotatable bonds is 5. The van der Waals surface area contributed by atoms with E-state index in [1.54, 1.807) is 24.3 Å². The minimum absolute atomic E-state index is 0.00441. The predicted molar refractivity (Wildman–Crippen MR) is 99.8 cm³/mol. The summed E-state index contributed by atoms with van der Waals surface area (Å²) in [6, 6.07) is 11.9. The maximum Gasteiger partial charge on any atom is 0.247 e. The summed E-state index contributed by atoms with van der Waals surface area (Å²) in [5.41, 5.74) is 0.887. The normalized spacial score (nSPS) is 16.8. The molecule has 1 aliphatic rings. The third kappa shape index (κ3) is 4.23. The smallest absolute Gasteiger partial charge is 0.247 e. The van der Waals surface area contributed by atoms with Crippen LogP contribution >= 0.6 is 23.4 Å². The molecule has 1 saturated heterocycles. The van der Waals surface area contributed by atoms with Gasteiger partial charge in [-0.1, -0.05) is 17.7 Å². The molecule has 2 aromatic carbocycles. The van der Waals surface area contributed by atoms with Gasteiger partial charge in [-0.3, -0.25) is 14.4 Å². The molecule has 1 aliphatic heterocycles. The Labute approximate surface area is 158 Å². The second kappa shape index (κ2) is 7.88. The van der Waals surface area contributed by atoms with Gasteiger partial charge in [0.25, 0.3) is 0 Å². The number of hydrogen-bond acceptors (Lipinski definition) is 4. The van der Waals surface area contributed by atoms with Crippen molar-refractivity contribution in [3.8, 4) is 0 Å². The van der Waals surface area contributed by atoms with Crippen molar-refractivity contribution < 1.29 is 18.8 Å². The molecule has 0 spiro atoms. The summed E-state index contributed by atoms with van der Waals surface area (Å²) in [7, 11) is 0. The van der Waals surface area contributed by atoms with Gasteiger partial charge in [0, 0.05) is 17.1 Å². The number of thioether (sulfide) groups is 1. The predicted octanol–water partition coefficient (Wildman–Crippen LogP) is 3.48. The minimum atomic E-state index is -0.625. The van der Waals surface area contributed by atoms with Crippen molar-refractivity contribution >= 4 is 52.5 Å². The van der Waals surface area contributed by atoms with Crippen LogP contribution in [0.2, 0.25) is 5.02 Å². The largest absolute Gasteiger partial charge is 0.325 e. The zero-order valence-electron chi connectivity index (χ0n) is 13.4. The summed E-state index contributed by atoms with van der Waals surface area (Å²) in [6.07, 6.45) is 0.0276.